The first kappa shape index (κ1) is 9.97. The van der Waals surface area contributed by atoms with Gasteiger partial charge in [-0.1, -0.05) is 0 Å². The predicted molar refractivity (Wildman–Crippen MR) is 58.0 cm³/mol. The smallest absolute Gasteiger partial charge is 0.337 e. The zero-order valence-corrected chi connectivity index (χ0v) is 9.34. The van der Waals surface area contributed by atoms with Crippen molar-refractivity contribution in [1.29, 1.82) is 0 Å². The number of carbonyl (C=O) groups is 1. The summed E-state index contributed by atoms with van der Waals surface area (Å²) in [4.78, 5) is 22.6. The number of halogens is 1. The standard InChI is InChI=1S/C9H7BrN2O3/c1-15-9(14)4-2-5(10)7-6(3-4)11-12-8(7)13/h2-3H,1H3,(H2,11,12,13). The Morgan fingerprint density at radius 3 is 2.80 bits per heavy atom. The summed E-state index contributed by atoms with van der Waals surface area (Å²) in [5.41, 5.74) is 0.718. The van der Waals surface area contributed by atoms with Gasteiger partial charge in [-0.15, -0.1) is 0 Å². The minimum absolute atomic E-state index is 0.228. The Morgan fingerprint density at radius 1 is 1.40 bits per heavy atom. The molecule has 1 heterocycles. The third-order valence-electron chi connectivity index (χ3n) is 2.05. The van der Waals surface area contributed by atoms with Crippen molar-refractivity contribution in [2.75, 3.05) is 7.11 Å². The van der Waals surface area contributed by atoms with E-state index in [1.165, 1.54) is 7.11 Å². The number of rotatable bonds is 1. The molecule has 0 fully saturated rings. The van der Waals surface area contributed by atoms with Crippen molar-refractivity contribution in [2.45, 2.75) is 0 Å². The average molecular weight is 271 g/mol. The zero-order valence-electron chi connectivity index (χ0n) is 7.76. The molecule has 0 atom stereocenters. The highest BCUT2D eigenvalue weighted by Gasteiger charge is 2.12. The molecular formula is C9H7BrN2O3. The van der Waals surface area contributed by atoms with E-state index < -0.39 is 5.97 Å². The fourth-order valence-electron chi connectivity index (χ4n) is 1.36. The van der Waals surface area contributed by atoms with Crippen molar-refractivity contribution in [3.8, 4) is 0 Å². The second kappa shape index (κ2) is 3.54. The van der Waals surface area contributed by atoms with Gasteiger partial charge in [-0.3, -0.25) is 15.0 Å². The second-order valence-electron chi connectivity index (χ2n) is 2.95. The molecule has 15 heavy (non-hydrogen) atoms. The third kappa shape index (κ3) is 1.56. The van der Waals surface area contributed by atoms with Gasteiger partial charge < -0.3 is 4.74 Å². The lowest BCUT2D eigenvalue weighted by Gasteiger charge is -2.00. The van der Waals surface area contributed by atoms with Crippen molar-refractivity contribution in [3.63, 3.8) is 0 Å². The van der Waals surface area contributed by atoms with Crippen molar-refractivity contribution in [3.05, 3.63) is 32.5 Å². The van der Waals surface area contributed by atoms with Crippen molar-refractivity contribution >= 4 is 32.8 Å². The maximum atomic E-state index is 11.3. The van der Waals surface area contributed by atoms with Crippen LogP contribution in [0.1, 0.15) is 10.4 Å². The Kier molecular flexibility index (Phi) is 2.36. The van der Waals surface area contributed by atoms with Gasteiger partial charge in [0, 0.05) is 4.47 Å². The molecule has 1 aromatic heterocycles. The van der Waals surface area contributed by atoms with E-state index in [1.54, 1.807) is 12.1 Å². The van der Waals surface area contributed by atoms with E-state index in [-0.39, 0.29) is 5.56 Å². The van der Waals surface area contributed by atoms with Crippen LogP contribution in [0.25, 0.3) is 10.9 Å². The van der Waals surface area contributed by atoms with Crippen LogP contribution in [-0.4, -0.2) is 23.3 Å². The lowest BCUT2D eigenvalue weighted by molar-refractivity contribution is 0.0601. The highest BCUT2D eigenvalue weighted by Crippen LogP contribution is 2.21. The van der Waals surface area contributed by atoms with E-state index in [1.807, 2.05) is 0 Å². The normalized spacial score (nSPS) is 10.5. The lowest BCUT2D eigenvalue weighted by atomic mass is 10.2. The van der Waals surface area contributed by atoms with Crippen LogP contribution in [0.15, 0.2) is 21.4 Å². The zero-order chi connectivity index (χ0) is 11.0. The number of H-pyrrole nitrogens is 2. The molecule has 0 saturated heterocycles. The number of methoxy groups -OCH3 is 1. The van der Waals surface area contributed by atoms with Crippen LogP contribution in [0.2, 0.25) is 0 Å². The summed E-state index contributed by atoms with van der Waals surface area (Å²) in [5, 5.41) is 5.60. The molecule has 6 heteroatoms. The molecule has 1 aromatic carbocycles. The molecule has 78 valence electrons. The maximum Gasteiger partial charge on any atom is 0.337 e. The Morgan fingerprint density at radius 2 is 2.13 bits per heavy atom. The molecule has 0 aliphatic rings. The molecule has 2 N–H and O–H groups in total. The first-order valence-corrected chi connectivity index (χ1v) is 4.91. The van der Waals surface area contributed by atoms with Gasteiger partial charge in [0.25, 0.3) is 5.56 Å². The minimum atomic E-state index is -0.445. The Hall–Kier alpha value is -1.56. The molecule has 0 saturated carbocycles. The molecule has 0 aliphatic carbocycles. The van der Waals surface area contributed by atoms with Crippen molar-refractivity contribution in [1.82, 2.24) is 10.2 Å². The van der Waals surface area contributed by atoms with Gasteiger partial charge in [-0.05, 0) is 28.1 Å². The van der Waals surface area contributed by atoms with Gasteiger partial charge in [-0.25, -0.2) is 4.79 Å². The average Bonchev–Trinajstić information content (AvgIpc) is 2.59. The highest BCUT2D eigenvalue weighted by atomic mass is 79.9. The molecular weight excluding hydrogens is 264 g/mol. The molecule has 0 amide bonds. The first-order chi connectivity index (χ1) is 7.13. The first-order valence-electron chi connectivity index (χ1n) is 4.11. The number of carbonyl (C=O) groups excluding carboxylic acids is 1. The van der Waals surface area contributed by atoms with E-state index in [9.17, 15) is 9.59 Å². The molecule has 0 bridgehead atoms. The van der Waals surface area contributed by atoms with Crippen molar-refractivity contribution < 1.29 is 9.53 Å². The topological polar surface area (TPSA) is 75.0 Å². The van der Waals surface area contributed by atoms with Crippen LogP contribution in [0.4, 0.5) is 0 Å². The van der Waals surface area contributed by atoms with Gasteiger partial charge in [0.05, 0.1) is 23.6 Å². The predicted octanol–water partition coefficient (Wildman–Crippen LogP) is 1.41. The summed E-state index contributed by atoms with van der Waals surface area (Å²) in [5.74, 6) is -0.445. The van der Waals surface area contributed by atoms with Crippen LogP contribution in [0, 0.1) is 0 Å². The number of hydrogen-bond acceptors (Lipinski definition) is 3. The number of aromatic nitrogens is 2. The second-order valence-corrected chi connectivity index (χ2v) is 3.81. The van der Waals surface area contributed by atoms with Crippen LogP contribution in [-0.2, 0) is 4.74 Å². The maximum absolute atomic E-state index is 11.3. The van der Waals surface area contributed by atoms with E-state index >= 15 is 0 Å². The Balaban J connectivity index is 2.74. The molecule has 2 rings (SSSR count). The molecule has 0 aliphatic heterocycles. The number of nitrogens with one attached hydrogen (secondary N) is 2. The number of fused-ring (bicyclic) bond motifs is 1. The van der Waals surface area contributed by atoms with Gasteiger partial charge in [-0.2, -0.15) is 0 Å². The van der Waals surface area contributed by atoms with E-state index in [0.717, 1.165) is 0 Å². The van der Waals surface area contributed by atoms with Crippen molar-refractivity contribution in [2.24, 2.45) is 0 Å². The van der Waals surface area contributed by atoms with E-state index in [2.05, 4.69) is 30.9 Å². The van der Waals surface area contributed by atoms with Gasteiger partial charge >= 0.3 is 5.97 Å². The summed E-state index contributed by atoms with van der Waals surface area (Å²) < 4.78 is 5.14. The van der Waals surface area contributed by atoms with Crippen LogP contribution in [0.3, 0.4) is 0 Å². The molecule has 5 nitrogen and oxygen atoms in total. The largest absolute Gasteiger partial charge is 0.465 e. The molecule has 0 radical (unpaired) electrons. The number of hydrogen-bond donors (Lipinski definition) is 2. The summed E-state index contributed by atoms with van der Waals surface area (Å²) in [6.07, 6.45) is 0. The lowest BCUT2D eigenvalue weighted by Crippen LogP contribution is -2.02. The third-order valence-corrected chi connectivity index (χ3v) is 2.67. The Bertz CT molecular complexity index is 585. The van der Waals surface area contributed by atoms with Gasteiger partial charge in [0.2, 0.25) is 0 Å². The number of ether oxygens (including phenoxy) is 1. The fraction of sp³-hybridized carbons (Fsp3) is 0.111. The van der Waals surface area contributed by atoms with Gasteiger partial charge in [0.1, 0.15) is 0 Å². The summed E-state index contributed by atoms with van der Waals surface area (Å²) in [7, 11) is 1.31. The van der Waals surface area contributed by atoms with Gasteiger partial charge in [0.15, 0.2) is 0 Å². The SMILES string of the molecule is COC(=O)c1cc(Br)c2c(=O)[nH][nH]c2c1. The monoisotopic (exact) mass is 270 g/mol. The number of benzene rings is 1. The van der Waals surface area contributed by atoms with E-state index in [0.29, 0.717) is 20.9 Å². The summed E-state index contributed by atoms with van der Waals surface area (Å²) >= 11 is 3.23. The highest BCUT2D eigenvalue weighted by molar-refractivity contribution is 9.10. The number of aromatic amines is 2. The summed E-state index contributed by atoms with van der Waals surface area (Å²) in [6, 6.07) is 3.11. The fourth-order valence-corrected chi connectivity index (χ4v) is 2.00. The summed E-state index contributed by atoms with van der Waals surface area (Å²) in [6.45, 7) is 0. The van der Waals surface area contributed by atoms with E-state index in [4.69, 9.17) is 0 Å². The number of esters is 1. The van der Waals surface area contributed by atoms with Crippen LogP contribution < -0.4 is 5.56 Å². The molecule has 2 aromatic rings. The molecule has 0 spiro atoms. The van der Waals surface area contributed by atoms with Crippen LogP contribution in [0.5, 0.6) is 0 Å². The minimum Gasteiger partial charge on any atom is -0.465 e. The molecule has 0 unspecified atom stereocenters. The Labute approximate surface area is 92.5 Å². The quantitative estimate of drug-likeness (QED) is 0.770. The van der Waals surface area contributed by atoms with Crippen LogP contribution >= 0.6 is 15.9 Å².